The highest BCUT2D eigenvalue weighted by Crippen LogP contribution is 2.29. The number of aromatic nitrogens is 4. The molecule has 4 rings (SSSR count). The van der Waals surface area contributed by atoms with Crippen LogP contribution in [0.25, 0.3) is 23.3 Å². The van der Waals surface area contributed by atoms with E-state index in [0.717, 1.165) is 40.7 Å². The van der Waals surface area contributed by atoms with E-state index in [4.69, 9.17) is 14.7 Å². The highest BCUT2D eigenvalue weighted by Gasteiger charge is 2.26. The van der Waals surface area contributed by atoms with Crippen molar-refractivity contribution in [2.45, 2.75) is 31.2 Å². The fourth-order valence-corrected chi connectivity index (χ4v) is 3.76. The van der Waals surface area contributed by atoms with Gasteiger partial charge < -0.3 is 9.64 Å². The molecule has 1 aromatic carbocycles. The first-order chi connectivity index (χ1) is 13.1. The first-order valence-corrected chi connectivity index (χ1v) is 10.3. The number of ether oxygens (including phenoxy) is 1. The van der Waals surface area contributed by atoms with Gasteiger partial charge in [0, 0.05) is 19.3 Å². The van der Waals surface area contributed by atoms with Crippen molar-refractivity contribution in [2.24, 2.45) is 0 Å². The molecule has 1 aliphatic rings. The van der Waals surface area contributed by atoms with Gasteiger partial charge in [0.05, 0.1) is 23.8 Å². The molecular formula is C20H23N5OS. The second kappa shape index (κ2) is 7.70. The molecule has 0 saturated carbocycles. The van der Waals surface area contributed by atoms with Crippen LogP contribution in [0.1, 0.15) is 19.4 Å². The van der Waals surface area contributed by atoms with E-state index in [9.17, 15) is 0 Å². The molecule has 140 valence electrons. The molecule has 3 aromatic rings. The van der Waals surface area contributed by atoms with Gasteiger partial charge in [-0.25, -0.2) is 14.6 Å². The summed E-state index contributed by atoms with van der Waals surface area (Å²) in [6, 6.07) is 10.2. The van der Waals surface area contributed by atoms with E-state index in [2.05, 4.69) is 36.0 Å². The van der Waals surface area contributed by atoms with Crippen LogP contribution in [0.3, 0.4) is 0 Å². The molecule has 27 heavy (non-hydrogen) atoms. The minimum atomic E-state index is 0.171. The molecule has 1 aliphatic heterocycles. The van der Waals surface area contributed by atoms with Gasteiger partial charge in [-0.2, -0.15) is 5.10 Å². The van der Waals surface area contributed by atoms with Crippen molar-refractivity contribution < 1.29 is 4.74 Å². The lowest BCUT2D eigenvalue weighted by Gasteiger charge is -2.36. The zero-order valence-electron chi connectivity index (χ0n) is 15.7. The average Bonchev–Trinajstić information content (AvgIpc) is 3.08. The summed E-state index contributed by atoms with van der Waals surface area (Å²) in [5.74, 6) is 0.936. The van der Waals surface area contributed by atoms with Crippen molar-refractivity contribution in [1.82, 2.24) is 19.7 Å². The standard InChI is InChI=1S/C20H23N5OS/c1-14-12-24(13-15(2)26-14)18-17-11-21-25(19(17)23-20(22-18)27-3)10-9-16-7-5-4-6-8-16/h4-11,14-15H,12-13H2,1-3H3/b10-9+. The molecule has 2 aromatic heterocycles. The van der Waals surface area contributed by atoms with Gasteiger partial charge in [0.25, 0.3) is 0 Å². The Bertz CT molecular complexity index is 946. The number of nitrogens with zero attached hydrogens (tertiary/aromatic N) is 5. The molecule has 7 heteroatoms. The van der Waals surface area contributed by atoms with Crippen LogP contribution in [0.5, 0.6) is 0 Å². The van der Waals surface area contributed by atoms with E-state index in [1.165, 1.54) is 0 Å². The minimum Gasteiger partial charge on any atom is -0.372 e. The lowest BCUT2D eigenvalue weighted by atomic mass is 10.2. The van der Waals surface area contributed by atoms with Crippen LogP contribution in [0.2, 0.25) is 0 Å². The molecule has 3 heterocycles. The lowest BCUT2D eigenvalue weighted by Crippen LogP contribution is -2.46. The highest BCUT2D eigenvalue weighted by molar-refractivity contribution is 7.98. The second-order valence-corrected chi connectivity index (χ2v) is 7.52. The Morgan fingerprint density at radius 1 is 1.11 bits per heavy atom. The molecule has 1 fully saturated rings. The Balaban J connectivity index is 1.75. The monoisotopic (exact) mass is 381 g/mol. The third-order valence-electron chi connectivity index (χ3n) is 4.52. The zero-order valence-corrected chi connectivity index (χ0v) is 16.6. The Hall–Kier alpha value is -2.38. The summed E-state index contributed by atoms with van der Waals surface area (Å²) < 4.78 is 7.70. The first-order valence-electron chi connectivity index (χ1n) is 9.07. The van der Waals surface area contributed by atoms with Crippen molar-refractivity contribution >= 4 is 40.9 Å². The molecule has 6 nitrogen and oxygen atoms in total. The van der Waals surface area contributed by atoms with Crippen molar-refractivity contribution in [3.63, 3.8) is 0 Å². The number of rotatable bonds is 4. The van der Waals surface area contributed by atoms with Crippen LogP contribution >= 0.6 is 11.8 Å². The van der Waals surface area contributed by atoms with E-state index < -0.39 is 0 Å². The fourth-order valence-electron chi connectivity index (χ4n) is 3.40. The van der Waals surface area contributed by atoms with Gasteiger partial charge in [0.15, 0.2) is 10.8 Å². The van der Waals surface area contributed by atoms with Crippen LogP contribution in [-0.2, 0) is 4.74 Å². The smallest absolute Gasteiger partial charge is 0.191 e. The lowest BCUT2D eigenvalue weighted by molar-refractivity contribution is -0.00540. The maximum absolute atomic E-state index is 5.88. The molecule has 1 saturated heterocycles. The van der Waals surface area contributed by atoms with Crippen molar-refractivity contribution in [3.05, 3.63) is 42.1 Å². The number of anilines is 1. The van der Waals surface area contributed by atoms with Gasteiger partial charge in [-0.3, -0.25) is 0 Å². The Kier molecular flexibility index (Phi) is 5.13. The van der Waals surface area contributed by atoms with E-state index in [-0.39, 0.29) is 12.2 Å². The number of hydrogen-bond acceptors (Lipinski definition) is 6. The van der Waals surface area contributed by atoms with E-state index in [0.29, 0.717) is 0 Å². The van der Waals surface area contributed by atoms with Crippen LogP contribution in [-0.4, -0.2) is 51.3 Å². The molecule has 0 bridgehead atoms. The summed E-state index contributed by atoms with van der Waals surface area (Å²) in [6.45, 7) is 5.83. The molecular weight excluding hydrogens is 358 g/mol. The summed E-state index contributed by atoms with van der Waals surface area (Å²) >= 11 is 1.54. The number of thioether (sulfide) groups is 1. The summed E-state index contributed by atoms with van der Waals surface area (Å²) in [4.78, 5) is 11.8. The van der Waals surface area contributed by atoms with E-state index in [1.807, 2.05) is 47.6 Å². The predicted molar refractivity (Wildman–Crippen MR) is 111 cm³/mol. The SMILES string of the molecule is CSc1nc(N2CC(C)OC(C)C2)c2cnn(/C=C/c3ccccc3)c2n1. The molecule has 2 atom stereocenters. The summed E-state index contributed by atoms with van der Waals surface area (Å²) in [7, 11) is 0. The first kappa shape index (κ1) is 18.0. The third-order valence-corrected chi connectivity index (χ3v) is 5.07. The van der Waals surface area contributed by atoms with Crippen molar-refractivity contribution in [2.75, 3.05) is 24.2 Å². The van der Waals surface area contributed by atoms with Crippen LogP contribution in [0.15, 0.2) is 41.7 Å². The van der Waals surface area contributed by atoms with Crippen LogP contribution < -0.4 is 4.90 Å². The Labute approximate surface area is 163 Å². The summed E-state index contributed by atoms with van der Waals surface area (Å²) in [5, 5.41) is 6.25. The molecule has 0 radical (unpaired) electrons. The topological polar surface area (TPSA) is 56.1 Å². The number of morpholine rings is 1. The van der Waals surface area contributed by atoms with Gasteiger partial charge >= 0.3 is 0 Å². The number of fused-ring (bicyclic) bond motifs is 1. The van der Waals surface area contributed by atoms with Crippen molar-refractivity contribution in [3.8, 4) is 0 Å². The van der Waals surface area contributed by atoms with Gasteiger partial charge in [0.2, 0.25) is 0 Å². The maximum Gasteiger partial charge on any atom is 0.191 e. The maximum atomic E-state index is 5.88. The average molecular weight is 382 g/mol. The van der Waals surface area contributed by atoms with E-state index in [1.54, 1.807) is 11.8 Å². The third kappa shape index (κ3) is 3.84. The van der Waals surface area contributed by atoms with Crippen LogP contribution in [0.4, 0.5) is 5.82 Å². The Morgan fingerprint density at radius 2 is 1.85 bits per heavy atom. The highest BCUT2D eigenvalue weighted by atomic mass is 32.2. The van der Waals surface area contributed by atoms with Crippen LogP contribution in [0, 0.1) is 0 Å². The quantitative estimate of drug-likeness (QED) is 0.506. The van der Waals surface area contributed by atoms with Gasteiger partial charge in [-0.1, -0.05) is 42.1 Å². The molecule has 0 aliphatic carbocycles. The van der Waals surface area contributed by atoms with Gasteiger partial charge in [-0.15, -0.1) is 0 Å². The minimum absolute atomic E-state index is 0.171. The number of hydrogen-bond donors (Lipinski definition) is 0. The molecule has 0 N–H and O–H groups in total. The van der Waals surface area contributed by atoms with E-state index >= 15 is 0 Å². The summed E-state index contributed by atoms with van der Waals surface area (Å²) in [6.07, 6.45) is 8.17. The molecule has 0 spiro atoms. The summed E-state index contributed by atoms with van der Waals surface area (Å²) in [5.41, 5.74) is 1.94. The fraction of sp³-hybridized carbons (Fsp3) is 0.350. The largest absolute Gasteiger partial charge is 0.372 e. The predicted octanol–water partition coefficient (Wildman–Crippen LogP) is 3.79. The molecule has 2 unspecified atom stereocenters. The molecule has 0 amide bonds. The normalized spacial score (nSPS) is 20.6. The van der Waals surface area contributed by atoms with Gasteiger partial charge in [-0.05, 0) is 31.7 Å². The second-order valence-electron chi connectivity index (χ2n) is 6.75. The Morgan fingerprint density at radius 3 is 2.56 bits per heavy atom. The zero-order chi connectivity index (χ0) is 18.8. The van der Waals surface area contributed by atoms with Gasteiger partial charge in [0.1, 0.15) is 5.82 Å². The van der Waals surface area contributed by atoms with Crippen molar-refractivity contribution in [1.29, 1.82) is 0 Å². The number of benzene rings is 1.